The van der Waals surface area contributed by atoms with Crippen LogP contribution in [0.3, 0.4) is 0 Å². The monoisotopic (exact) mass is 431 g/mol. The first-order valence-electron chi connectivity index (χ1n) is 8.76. The van der Waals surface area contributed by atoms with Crippen molar-refractivity contribution in [3.05, 3.63) is 24.2 Å². The summed E-state index contributed by atoms with van der Waals surface area (Å²) in [5.41, 5.74) is 0.824. The maximum atomic E-state index is 11.9. The molecule has 9 nitrogen and oxygen atoms in total. The number of fused-ring (bicyclic) bond motifs is 1. The number of aliphatic carboxylic acids is 1. The first kappa shape index (κ1) is 23.1. The average molecular weight is 431 g/mol. The van der Waals surface area contributed by atoms with Crippen LogP contribution >= 0.6 is 0 Å². The molecule has 0 unspecified atom stereocenters. The first-order chi connectivity index (χ1) is 14.2. The minimum Gasteiger partial charge on any atom is -0.493 e. The van der Waals surface area contributed by atoms with E-state index < -0.39 is 18.1 Å². The van der Waals surface area contributed by atoms with E-state index in [1.165, 1.54) is 13.4 Å². The van der Waals surface area contributed by atoms with Gasteiger partial charge in [-0.3, -0.25) is 0 Å². The first-order valence-corrected chi connectivity index (χ1v) is 8.76. The molecule has 0 spiro atoms. The average Bonchev–Trinajstić information content (AvgIpc) is 2.72. The summed E-state index contributed by atoms with van der Waals surface area (Å²) >= 11 is 0. The van der Waals surface area contributed by atoms with Crippen LogP contribution in [0.4, 0.5) is 13.2 Å². The van der Waals surface area contributed by atoms with Crippen LogP contribution in [-0.4, -0.2) is 66.6 Å². The van der Waals surface area contributed by atoms with Crippen molar-refractivity contribution in [2.45, 2.75) is 25.1 Å². The van der Waals surface area contributed by atoms with E-state index in [0.717, 1.165) is 25.9 Å². The van der Waals surface area contributed by atoms with Crippen molar-refractivity contribution in [1.82, 2.24) is 15.3 Å². The highest BCUT2D eigenvalue weighted by atomic mass is 19.4. The molecule has 0 amide bonds. The Labute approximate surface area is 169 Å². The van der Waals surface area contributed by atoms with Gasteiger partial charge in [-0.05, 0) is 32.0 Å². The number of esters is 1. The summed E-state index contributed by atoms with van der Waals surface area (Å²) in [5.74, 6) is -2.08. The van der Waals surface area contributed by atoms with E-state index in [-0.39, 0.29) is 11.8 Å². The largest absolute Gasteiger partial charge is 0.493 e. The van der Waals surface area contributed by atoms with Crippen molar-refractivity contribution in [2.75, 3.05) is 27.3 Å². The molecule has 1 aromatic heterocycles. The number of alkyl halides is 3. The molecule has 30 heavy (non-hydrogen) atoms. The van der Waals surface area contributed by atoms with Crippen LogP contribution in [0, 0.1) is 0 Å². The summed E-state index contributed by atoms with van der Waals surface area (Å²) < 4.78 is 48.0. The van der Waals surface area contributed by atoms with Gasteiger partial charge in [0.25, 0.3) is 0 Å². The fraction of sp³-hybridized carbons (Fsp3) is 0.444. The normalized spacial score (nSPS) is 14.4. The number of carbonyl (C=O) groups is 2. The van der Waals surface area contributed by atoms with Crippen molar-refractivity contribution in [3.63, 3.8) is 0 Å². The quantitative estimate of drug-likeness (QED) is 0.702. The van der Waals surface area contributed by atoms with Gasteiger partial charge in [-0.1, -0.05) is 0 Å². The molecule has 1 fully saturated rings. The lowest BCUT2D eigenvalue weighted by Crippen LogP contribution is -2.34. The molecule has 1 aliphatic heterocycles. The molecule has 1 aliphatic rings. The number of carboxylic acids is 1. The van der Waals surface area contributed by atoms with Crippen LogP contribution in [0.15, 0.2) is 18.5 Å². The van der Waals surface area contributed by atoms with Crippen LogP contribution < -0.4 is 14.8 Å². The SMILES string of the molecule is COC(=O)c1ncnc2cc(OC)c(OC3CCNCC3)cc12.O=C(O)C(F)(F)F. The molecule has 0 radical (unpaired) electrons. The lowest BCUT2D eigenvalue weighted by atomic mass is 10.1. The zero-order valence-corrected chi connectivity index (χ0v) is 16.2. The zero-order valence-electron chi connectivity index (χ0n) is 16.2. The predicted octanol–water partition coefficient (Wildman–Crippen LogP) is 2.19. The minimum absolute atomic E-state index is 0.119. The third kappa shape index (κ3) is 5.92. The summed E-state index contributed by atoms with van der Waals surface area (Å²) in [6.45, 7) is 1.86. The van der Waals surface area contributed by atoms with Crippen molar-refractivity contribution >= 4 is 22.8 Å². The predicted molar refractivity (Wildman–Crippen MR) is 97.6 cm³/mol. The van der Waals surface area contributed by atoms with Gasteiger partial charge in [0.05, 0.1) is 19.7 Å². The molecule has 12 heteroatoms. The molecule has 1 saturated heterocycles. The van der Waals surface area contributed by atoms with Gasteiger partial charge in [-0.25, -0.2) is 19.6 Å². The third-order valence-electron chi connectivity index (χ3n) is 4.12. The van der Waals surface area contributed by atoms with E-state index in [1.807, 2.05) is 0 Å². The van der Waals surface area contributed by atoms with Crippen LogP contribution in [0.2, 0.25) is 0 Å². The number of carboxylic acid groups (broad SMARTS) is 1. The Morgan fingerprint density at radius 2 is 1.77 bits per heavy atom. The van der Waals surface area contributed by atoms with Crippen LogP contribution in [0.5, 0.6) is 11.5 Å². The van der Waals surface area contributed by atoms with Crippen LogP contribution in [0.1, 0.15) is 23.3 Å². The Morgan fingerprint density at radius 3 is 2.30 bits per heavy atom. The molecule has 2 aromatic rings. The molecule has 164 valence electrons. The van der Waals surface area contributed by atoms with E-state index in [1.54, 1.807) is 19.2 Å². The van der Waals surface area contributed by atoms with Gasteiger partial charge in [-0.2, -0.15) is 13.2 Å². The van der Waals surface area contributed by atoms with Crippen LogP contribution in [-0.2, 0) is 9.53 Å². The number of piperidine rings is 1. The number of ether oxygens (including phenoxy) is 3. The number of nitrogens with one attached hydrogen (secondary N) is 1. The molecule has 0 aliphatic carbocycles. The molecule has 0 atom stereocenters. The van der Waals surface area contributed by atoms with E-state index in [9.17, 15) is 18.0 Å². The number of methoxy groups -OCH3 is 2. The molecule has 1 aromatic carbocycles. The maximum Gasteiger partial charge on any atom is 0.490 e. The molecule has 2 N–H and O–H groups in total. The zero-order chi connectivity index (χ0) is 22.3. The number of carbonyl (C=O) groups excluding carboxylic acids is 1. The van der Waals surface area contributed by atoms with E-state index in [2.05, 4.69) is 15.3 Å². The van der Waals surface area contributed by atoms with Gasteiger partial charge in [-0.15, -0.1) is 0 Å². The molecule has 3 rings (SSSR count). The van der Waals surface area contributed by atoms with Crippen LogP contribution in [0.25, 0.3) is 10.9 Å². The lowest BCUT2D eigenvalue weighted by molar-refractivity contribution is -0.192. The number of rotatable bonds is 4. The van der Waals surface area contributed by atoms with Gasteiger partial charge in [0.1, 0.15) is 12.4 Å². The third-order valence-corrected chi connectivity index (χ3v) is 4.12. The lowest BCUT2D eigenvalue weighted by Gasteiger charge is -2.24. The number of hydrogen-bond donors (Lipinski definition) is 2. The van der Waals surface area contributed by atoms with Gasteiger partial charge in [0.15, 0.2) is 17.2 Å². The minimum atomic E-state index is -5.08. The molecular weight excluding hydrogens is 411 g/mol. The van der Waals surface area contributed by atoms with E-state index >= 15 is 0 Å². The van der Waals surface area contributed by atoms with Gasteiger partial charge in [0.2, 0.25) is 0 Å². The van der Waals surface area contributed by atoms with Gasteiger partial charge >= 0.3 is 18.1 Å². The smallest absolute Gasteiger partial charge is 0.490 e. The fourth-order valence-electron chi connectivity index (χ4n) is 2.67. The number of halogens is 3. The van der Waals surface area contributed by atoms with Gasteiger partial charge < -0.3 is 24.6 Å². The number of nitrogens with zero attached hydrogens (tertiary/aromatic N) is 2. The Bertz CT molecular complexity index is 901. The highest BCUT2D eigenvalue weighted by Crippen LogP contribution is 2.34. The molecular formula is C18H20F3N3O6. The molecule has 2 heterocycles. The van der Waals surface area contributed by atoms with Crippen molar-refractivity contribution < 1.29 is 42.1 Å². The number of aromatic nitrogens is 2. The summed E-state index contributed by atoms with van der Waals surface area (Å²) in [6.07, 6.45) is -1.78. The Hall–Kier alpha value is -3.15. The topological polar surface area (TPSA) is 120 Å². The second kappa shape index (κ2) is 10.1. The summed E-state index contributed by atoms with van der Waals surface area (Å²) in [6, 6.07) is 3.50. The number of hydrogen-bond acceptors (Lipinski definition) is 8. The summed E-state index contributed by atoms with van der Waals surface area (Å²) in [7, 11) is 2.91. The standard InChI is InChI=1S/C16H19N3O4.C2HF3O2/c1-21-13-8-12-11(15(16(20)22-2)19-9-18-12)7-14(13)23-10-3-5-17-6-4-10;3-2(4,5)1(6)7/h7-10,17H,3-6H2,1-2H3;(H,6,7). The van der Waals surface area contributed by atoms with Gasteiger partial charge in [0, 0.05) is 11.5 Å². The highest BCUT2D eigenvalue weighted by Gasteiger charge is 2.38. The van der Waals surface area contributed by atoms with E-state index in [0.29, 0.717) is 22.4 Å². The second-order valence-electron chi connectivity index (χ2n) is 6.10. The fourth-order valence-corrected chi connectivity index (χ4v) is 2.67. The molecule has 0 bridgehead atoms. The summed E-state index contributed by atoms with van der Waals surface area (Å²) in [4.78, 5) is 29.0. The second-order valence-corrected chi connectivity index (χ2v) is 6.10. The number of benzene rings is 1. The Kier molecular flexibility index (Phi) is 7.75. The Balaban J connectivity index is 0.000000396. The highest BCUT2D eigenvalue weighted by molar-refractivity contribution is 6.02. The van der Waals surface area contributed by atoms with Crippen molar-refractivity contribution in [1.29, 1.82) is 0 Å². The Morgan fingerprint density at radius 1 is 1.13 bits per heavy atom. The summed E-state index contributed by atoms with van der Waals surface area (Å²) in [5, 5.41) is 11.0. The van der Waals surface area contributed by atoms with Crippen molar-refractivity contribution in [3.8, 4) is 11.5 Å². The van der Waals surface area contributed by atoms with Crippen molar-refractivity contribution in [2.24, 2.45) is 0 Å². The molecule has 0 saturated carbocycles. The maximum absolute atomic E-state index is 11.9. The van der Waals surface area contributed by atoms with E-state index in [4.69, 9.17) is 24.1 Å².